The highest BCUT2D eigenvalue weighted by molar-refractivity contribution is 6.29. The van der Waals surface area contributed by atoms with E-state index in [2.05, 4.69) is 195 Å². The van der Waals surface area contributed by atoms with Crippen molar-refractivity contribution in [3.05, 3.63) is 186 Å². The Kier molecular flexibility index (Phi) is 7.95. The van der Waals surface area contributed by atoms with Gasteiger partial charge in [-0.2, -0.15) is 0 Å². The molecule has 1 aliphatic carbocycles. The first kappa shape index (κ1) is 35.6. The molecule has 1 aliphatic rings. The topological polar surface area (TPSA) is 32.8 Å². The summed E-state index contributed by atoms with van der Waals surface area (Å²) in [7, 11) is 0. The van der Waals surface area contributed by atoms with Crippen LogP contribution in [0.3, 0.4) is 0 Å². The fourth-order valence-corrected chi connectivity index (χ4v) is 10.00. The standard InChI is InChI=1S/C57H44N2O2/c1-34(2)39-31-37-25-27-46-50(58(40-15-9-13-35(3)29-40)48-21-11-19-44-42-17-5-7-23-52(42)60-56(44)48)33-51(47-28-26-38(32-39)54(37)55(46)47)59(41-16-10-14-36(4)30-41)49-22-12-20-45-43-18-6-8-24-53(43)61-57(45)49/h5-7,9-23,25-34H,8,24H2,1-4H3. The normalized spacial score (nSPS) is 12.9. The van der Waals surface area contributed by atoms with E-state index in [1.807, 2.05) is 6.07 Å². The number of para-hydroxylation sites is 3. The maximum atomic E-state index is 6.93. The van der Waals surface area contributed by atoms with Gasteiger partial charge in [-0.3, -0.25) is 0 Å². The van der Waals surface area contributed by atoms with Crippen LogP contribution in [0.1, 0.15) is 54.2 Å². The molecule has 0 aliphatic heterocycles. The van der Waals surface area contributed by atoms with Crippen molar-refractivity contribution >= 4 is 105 Å². The van der Waals surface area contributed by atoms with E-state index in [0.717, 1.165) is 85.6 Å². The predicted octanol–water partition coefficient (Wildman–Crippen LogP) is 16.9. The van der Waals surface area contributed by atoms with Crippen molar-refractivity contribution in [2.75, 3.05) is 9.80 Å². The molecule has 0 bridgehead atoms. The quantitative estimate of drug-likeness (QED) is 0.151. The van der Waals surface area contributed by atoms with Gasteiger partial charge < -0.3 is 18.6 Å². The van der Waals surface area contributed by atoms with Gasteiger partial charge in [-0.25, -0.2) is 0 Å². The summed E-state index contributed by atoms with van der Waals surface area (Å²) in [6.45, 7) is 8.91. The summed E-state index contributed by atoms with van der Waals surface area (Å²) in [6, 6.07) is 55.8. The molecule has 0 radical (unpaired) electrons. The second-order valence-electron chi connectivity index (χ2n) is 17.1. The predicted molar refractivity (Wildman–Crippen MR) is 257 cm³/mol. The Morgan fingerprint density at radius 3 is 1.72 bits per heavy atom. The van der Waals surface area contributed by atoms with Gasteiger partial charge in [0.05, 0.1) is 22.7 Å². The summed E-state index contributed by atoms with van der Waals surface area (Å²) in [4.78, 5) is 4.87. The second kappa shape index (κ2) is 13.6. The van der Waals surface area contributed by atoms with Crippen LogP contribution in [0, 0.1) is 13.8 Å². The van der Waals surface area contributed by atoms with Crippen LogP contribution in [0.5, 0.6) is 0 Å². The number of rotatable bonds is 7. The third kappa shape index (κ3) is 5.52. The molecule has 0 unspecified atom stereocenters. The van der Waals surface area contributed by atoms with E-state index in [1.54, 1.807) is 0 Å². The molecule has 294 valence electrons. The number of hydrogen-bond donors (Lipinski definition) is 0. The Hall–Kier alpha value is -7.30. The van der Waals surface area contributed by atoms with Crippen LogP contribution in [0.4, 0.5) is 34.1 Å². The average molecular weight is 789 g/mol. The van der Waals surface area contributed by atoms with E-state index in [0.29, 0.717) is 5.92 Å². The summed E-state index contributed by atoms with van der Waals surface area (Å²) in [5.74, 6) is 1.45. The Labute approximate surface area is 354 Å². The van der Waals surface area contributed by atoms with Crippen LogP contribution < -0.4 is 9.80 Å². The van der Waals surface area contributed by atoms with Gasteiger partial charge in [0.25, 0.3) is 0 Å². The number of benzene rings is 9. The highest BCUT2D eigenvalue weighted by Crippen LogP contribution is 2.53. The molecule has 0 saturated heterocycles. The number of fused-ring (bicyclic) bond motifs is 6. The lowest BCUT2D eigenvalue weighted by molar-refractivity contribution is 0.546. The summed E-state index contributed by atoms with van der Waals surface area (Å²) < 4.78 is 13.8. The summed E-state index contributed by atoms with van der Waals surface area (Å²) in [6.07, 6.45) is 6.38. The van der Waals surface area contributed by atoms with Crippen molar-refractivity contribution < 1.29 is 8.83 Å². The molecule has 4 heteroatoms. The van der Waals surface area contributed by atoms with Gasteiger partial charge >= 0.3 is 0 Å². The number of hydrogen-bond acceptors (Lipinski definition) is 4. The Morgan fingerprint density at radius 1 is 0.492 bits per heavy atom. The van der Waals surface area contributed by atoms with Crippen molar-refractivity contribution in [1.29, 1.82) is 0 Å². The zero-order chi connectivity index (χ0) is 40.9. The molecule has 12 rings (SSSR count). The smallest absolute Gasteiger partial charge is 0.159 e. The van der Waals surface area contributed by atoms with Gasteiger partial charge in [-0.15, -0.1) is 0 Å². The third-order valence-corrected chi connectivity index (χ3v) is 12.9. The molecule has 61 heavy (non-hydrogen) atoms. The fourth-order valence-electron chi connectivity index (χ4n) is 10.00. The minimum absolute atomic E-state index is 0.403. The van der Waals surface area contributed by atoms with Gasteiger partial charge in [0.15, 0.2) is 11.2 Å². The van der Waals surface area contributed by atoms with Crippen molar-refractivity contribution in [2.24, 2.45) is 0 Å². The molecule has 9 aromatic carbocycles. The summed E-state index contributed by atoms with van der Waals surface area (Å²) >= 11 is 0. The van der Waals surface area contributed by atoms with Crippen molar-refractivity contribution in [3.8, 4) is 0 Å². The zero-order valence-corrected chi connectivity index (χ0v) is 34.8. The van der Waals surface area contributed by atoms with Crippen molar-refractivity contribution in [3.63, 3.8) is 0 Å². The van der Waals surface area contributed by atoms with Gasteiger partial charge in [0.1, 0.15) is 11.3 Å². The maximum Gasteiger partial charge on any atom is 0.159 e. The van der Waals surface area contributed by atoms with Gasteiger partial charge in [0, 0.05) is 55.7 Å². The average Bonchev–Trinajstić information content (AvgIpc) is 3.86. The minimum Gasteiger partial charge on any atom is -0.458 e. The fraction of sp³-hybridized carbons (Fsp3) is 0.123. The molecule has 0 spiro atoms. The molecular weight excluding hydrogens is 745 g/mol. The number of anilines is 6. The Bertz CT molecular complexity index is 3550. The first-order valence-electron chi connectivity index (χ1n) is 21.5. The lowest BCUT2D eigenvalue weighted by Crippen LogP contribution is -2.15. The minimum atomic E-state index is 0.403. The van der Waals surface area contributed by atoms with E-state index in [4.69, 9.17) is 8.83 Å². The van der Waals surface area contributed by atoms with Gasteiger partial charge in [-0.05, 0) is 108 Å². The van der Waals surface area contributed by atoms with E-state index in [1.165, 1.54) is 54.6 Å². The lowest BCUT2D eigenvalue weighted by atomic mass is 9.88. The van der Waals surface area contributed by atoms with Crippen LogP contribution in [-0.4, -0.2) is 0 Å². The third-order valence-electron chi connectivity index (χ3n) is 12.9. The van der Waals surface area contributed by atoms with Crippen LogP contribution in [0.2, 0.25) is 0 Å². The first-order valence-corrected chi connectivity index (χ1v) is 21.5. The molecule has 11 aromatic rings. The number of nitrogens with zero attached hydrogens (tertiary/aromatic N) is 2. The van der Waals surface area contributed by atoms with E-state index in [-0.39, 0.29) is 0 Å². The van der Waals surface area contributed by atoms with Crippen LogP contribution in [0.25, 0.3) is 71.3 Å². The molecule has 0 atom stereocenters. The highest BCUT2D eigenvalue weighted by Gasteiger charge is 2.29. The first-order chi connectivity index (χ1) is 29.9. The Balaban J connectivity index is 1.25. The lowest BCUT2D eigenvalue weighted by Gasteiger charge is -2.32. The second-order valence-corrected chi connectivity index (χ2v) is 17.1. The van der Waals surface area contributed by atoms with E-state index in [9.17, 15) is 0 Å². The number of aryl methyl sites for hydroxylation is 3. The maximum absolute atomic E-state index is 6.93. The molecular formula is C57H44N2O2. The van der Waals surface area contributed by atoms with Gasteiger partial charge in [0.2, 0.25) is 0 Å². The van der Waals surface area contributed by atoms with E-state index < -0.39 is 0 Å². The largest absolute Gasteiger partial charge is 0.458 e. The molecule has 0 amide bonds. The van der Waals surface area contributed by atoms with Crippen molar-refractivity contribution in [2.45, 2.75) is 46.5 Å². The molecule has 0 fully saturated rings. The SMILES string of the molecule is Cc1cccc(N(c2cc(N(c3cccc(C)c3)c3cccc4c3oc3ccccc34)c3ccc4cc(C(C)C)cc5ccc2c3c54)c2cccc3c4c(oc23)CCC=C4)c1. The highest BCUT2D eigenvalue weighted by atomic mass is 16.3. The monoisotopic (exact) mass is 788 g/mol. The van der Waals surface area contributed by atoms with Crippen LogP contribution in [-0.2, 0) is 6.42 Å². The Morgan fingerprint density at radius 2 is 1.08 bits per heavy atom. The van der Waals surface area contributed by atoms with Crippen LogP contribution in [0.15, 0.2) is 167 Å². The van der Waals surface area contributed by atoms with Crippen molar-refractivity contribution in [1.82, 2.24) is 0 Å². The zero-order valence-electron chi connectivity index (χ0n) is 34.8. The molecule has 2 aromatic heterocycles. The molecule has 4 nitrogen and oxygen atoms in total. The summed E-state index contributed by atoms with van der Waals surface area (Å²) in [5, 5.41) is 10.7. The number of allylic oxidation sites excluding steroid dienone is 1. The van der Waals surface area contributed by atoms with Gasteiger partial charge in [-0.1, -0.05) is 129 Å². The molecule has 2 heterocycles. The molecule has 0 N–H and O–H groups in total. The number of furan rings is 2. The summed E-state index contributed by atoms with van der Waals surface area (Å²) in [5.41, 5.74) is 13.8. The van der Waals surface area contributed by atoms with Crippen LogP contribution >= 0.6 is 0 Å². The molecule has 0 saturated carbocycles. The van der Waals surface area contributed by atoms with E-state index >= 15 is 0 Å².